The van der Waals surface area contributed by atoms with Crippen molar-refractivity contribution in [3.8, 4) is 0 Å². The molecule has 0 aliphatic carbocycles. The highest BCUT2D eigenvalue weighted by molar-refractivity contribution is 6.15. The molecule has 15 heavy (non-hydrogen) atoms. The van der Waals surface area contributed by atoms with Crippen molar-refractivity contribution in [3.05, 3.63) is 35.8 Å². The Balaban J connectivity index is 2.99. The van der Waals surface area contributed by atoms with Crippen LogP contribution in [0.3, 0.4) is 0 Å². The van der Waals surface area contributed by atoms with Gasteiger partial charge in [0, 0.05) is 12.4 Å². The van der Waals surface area contributed by atoms with E-state index in [1.165, 1.54) is 6.20 Å². The van der Waals surface area contributed by atoms with Crippen LogP contribution in [0.1, 0.15) is 18.2 Å². The monoisotopic (exact) mass is 206 g/mol. The minimum atomic E-state index is -0.446. The van der Waals surface area contributed by atoms with E-state index in [2.05, 4.69) is 4.98 Å². The highest BCUT2D eigenvalue weighted by Crippen LogP contribution is 2.13. The number of rotatable bonds is 3. The fourth-order valence-corrected chi connectivity index (χ4v) is 1.15. The zero-order chi connectivity index (χ0) is 11.3. The van der Waals surface area contributed by atoms with Crippen molar-refractivity contribution in [1.82, 2.24) is 4.98 Å². The molecule has 80 valence electrons. The van der Waals surface area contributed by atoms with E-state index in [9.17, 15) is 4.79 Å². The van der Waals surface area contributed by atoms with Gasteiger partial charge in [-0.05, 0) is 31.5 Å². The molecule has 2 N–H and O–H groups in total. The normalized spacial score (nSPS) is 11.2. The largest absolute Gasteiger partial charge is 0.462 e. The summed E-state index contributed by atoms with van der Waals surface area (Å²) in [6, 6.07) is 3.64. The molecule has 0 spiro atoms. The standard InChI is InChI=1S/C11H14N2O2/c1-3-15-11(14)9(7-12)10-6-8(2)4-5-13-10/h4-7H,3,12H2,1-2H3/b9-7+. The Hall–Kier alpha value is -1.84. The molecule has 0 fully saturated rings. The van der Waals surface area contributed by atoms with Crippen LogP contribution in [0, 0.1) is 6.92 Å². The van der Waals surface area contributed by atoms with Crippen molar-refractivity contribution in [2.45, 2.75) is 13.8 Å². The molecule has 0 aliphatic heterocycles. The Kier molecular flexibility index (Phi) is 3.85. The number of carbonyl (C=O) groups is 1. The molecule has 0 aromatic carbocycles. The summed E-state index contributed by atoms with van der Waals surface area (Å²) in [5.41, 5.74) is 7.23. The molecule has 0 aliphatic rings. The first kappa shape index (κ1) is 11.2. The van der Waals surface area contributed by atoms with E-state index < -0.39 is 5.97 Å². The topological polar surface area (TPSA) is 65.2 Å². The van der Waals surface area contributed by atoms with Crippen molar-refractivity contribution >= 4 is 11.5 Å². The molecule has 0 atom stereocenters. The molecule has 1 aromatic heterocycles. The van der Waals surface area contributed by atoms with E-state index in [4.69, 9.17) is 10.5 Å². The maximum atomic E-state index is 11.5. The molecule has 0 amide bonds. The van der Waals surface area contributed by atoms with Crippen LogP contribution in [0.25, 0.3) is 5.57 Å². The second kappa shape index (κ2) is 5.14. The van der Waals surface area contributed by atoms with Crippen molar-refractivity contribution < 1.29 is 9.53 Å². The number of pyridine rings is 1. The fourth-order valence-electron chi connectivity index (χ4n) is 1.15. The third kappa shape index (κ3) is 2.80. The van der Waals surface area contributed by atoms with Gasteiger partial charge in [-0.1, -0.05) is 0 Å². The average molecular weight is 206 g/mol. The highest BCUT2D eigenvalue weighted by atomic mass is 16.5. The molecule has 1 rings (SSSR count). The van der Waals surface area contributed by atoms with Gasteiger partial charge in [-0.3, -0.25) is 4.98 Å². The SMILES string of the molecule is CCOC(=O)/C(=C/N)c1cc(C)ccn1. The third-order valence-electron chi connectivity index (χ3n) is 1.85. The Bertz CT molecular complexity index is 386. The molecular formula is C11H14N2O2. The van der Waals surface area contributed by atoms with E-state index in [1.54, 1.807) is 19.2 Å². The van der Waals surface area contributed by atoms with Crippen molar-refractivity contribution in [2.75, 3.05) is 6.61 Å². The second-order valence-electron chi connectivity index (χ2n) is 3.02. The summed E-state index contributed by atoms with van der Waals surface area (Å²) < 4.78 is 4.86. The summed E-state index contributed by atoms with van der Waals surface area (Å²) >= 11 is 0. The van der Waals surface area contributed by atoms with E-state index >= 15 is 0 Å². The van der Waals surface area contributed by atoms with Crippen LogP contribution in [0.2, 0.25) is 0 Å². The summed E-state index contributed by atoms with van der Waals surface area (Å²) in [6.45, 7) is 3.99. The summed E-state index contributed by atoms with van der Waals surface area (Å²) in [7, 11) is 0. The Morgan fingerprint density at radius 2 is 2.40 bits per heavy atom. The Labute approximate surface area is 88.8 Å². The Morgan fingerprint density at radius 3 is 2.93 bits per heavy atom. The lowest BCUT2D eigenvalue weighted by Gasteiger charge is -2.05. The number of nitrogens with two attached hydrogens (primary N) is 1. The lowest BCUT2D eigenvalue weighted by atomic mass is 10.1. The van der Waals surface area contributed by atoms with Gasteiger partial charge in [0.1, 0.15) is 5.57 Å². The third-order valence-corrected chi connectivity index (χ3v) is 1.85. The highest BCUT2D eigenvalue weighted by Gasteiger charge is 2.13. The quantitative estimate of drug-likeness (QED) is 0.597. The lowest BCUT2D eigenvalue weighted by molar-refractivity contribution is -0.136. The van der Waals surface area contributed by atoms with Gasteiger partial charge >= 0.3 is 5.97 Å². The molecule has 0 saturated carbocycles. The minimum Gasteiger partial charge on any atom is -0.462 e. The van der Waals surface area contributed by atoms with Gasteiger partial charge in [-0.15, -0.1) is 0 Å². The zero-order valence-corrected chi connectivity index (χ0v) is 8.86. The Morgan fingerprint density at radius 1 is 1.67 bits per heavy atom. The first-order valence-electron chi connectivity index (χ1n) is 4.71. The average Bonchev–Trinajstić information content (AvgIpc) is 2.19. The smallest absolute Gasteiger partial charge is 0.341 e. The number of esters is 1. The first-order valence-corrected chi connectivity index (χ1v) is 4.71. The molecule has 0 saturated heterocycles. The van der Waals surface area contributed by atoms with Gasteiger partial charge in [0.25, 0.3) is 0 Å². The summed E-state index contributed by atoms with van der Waals surface area (Å²) in [5.74, 6) is -0.446. The zero-order valence-electron chi connectivity index (χ0n) is 8.86. The number of carbonyl (C=O) groups excluding carboxylic acids is 1. The van der Waals surface area contributed by atoms with Crippen LogP contribution in [0.15, 0.2) is 24.5 Å². The summed E-state index contributed by atoms with van der Waals surface area (Å²) in [5, 5.41) is 0. The molecule has 1 aromatic rings. The predicted molar refractivity (Wildman–Crippen MR) is 57.8 cm³/mol. The second-order valence-corrected chi connectivity index (χ2v) is 3.02. The molecule has 4 nitrogen and oxygen atoms in total. The number of aryl methyl sites for hydroxylation is 1. The molecule has 0 bridgehead atoms. The molecule has 0 unspecified atom stereocenters. The molecular weight excluding hydrogens is 192 g/mol. The van der Waals surface area contributed by atoms with E-state index in [-0.39, 0.29) is 0 Å². The van der Waals surface area contributed by atoms with Gasteiger partial charge in [0.05, 0.1) is 12.3 Å². The lowest BCUT2D eigenvalue weighted by Crippen LogP contribution is -2.09. The maximum absolute atomic E-state index is 11.5. The predicted octanol–water partition coefficient (Wildman–Crippen LogP) is 1.25. The number of aromatic nitrogens is 1. The van der Waals surface area contributed by atoms with E-state index in [1.807, 2.05) is 13.0 Å². The van der Waals surface area contributed by atoms with Crippen LogP contribution in [0.4, 0.5) is 0 Å². The number of nitrogens with zero attached hydrogens (tertiary/aromatic N) is 1. The number of ether oxygens (including phenoxy) is 1. The molecule has 4 heteroatoms. The van der Waals surface area contributed by atoms with Gasteiger partial charge in [0.15, 0.2) is 0 Å². The number of hydrogen-bond donors (Lipinski definition) is 1. The van der Waals surface area contributed by atoms with Crippen molar-refractivity contribution in [2.24, 2.45) is 5.73 Å². The number of hydrogen-bond acceptors (Lipinski definition) is 4. The van der Waals surface area contributed by atoms with Crippen LogP contribution < -0.4 is 5.73 Å². The van der Waals surface area contributed by atoms with Gasteiger partial charge < -0.3 is 10.5 Å². The fraction of sp³-hybridized carbons (Fsp3) is 0.273. The van der Waals surface area contributed by atoms with Crippen LogP contribution in [0.5, 0.6) is 0 Å². The van der Waals surface area contributed by atoms with E-state index in [0.717, 1.165) is 5.56 Å². The van der Waals surface area contributed by atoms with Crippen LogP contribution in [-0.2, 0) is 9.53 Å². The maximum Gasteiger partial charge on any atom is 0.341 e. The van der Waals surface area contributed by atoms with Crippen molar-refractivity contribution in [1.29, 1.82) is 0 Å². The van der Waals surface area contributed by atoms with Crippen molar-refractivity contribution in [3.63, 3.8) is 0 Å². The van der Waals surface area contributed by atoms with Gasteiger partial charge in [-0.2, -0.15) is 0 Å². The summed E-state index contributed by atoms with van der Waals surface area (Å²) in [4.78, 5) is 15.5. The molecule has 1 heterocycles. The first-order chi connectivity index (χ1) is 7.19. The van der Waals surface area contributed by atoms with Crippen LogP contribution >= 0.6 is 0 Å². The summed E-state index contributed by atoms with van der Waals surface area (Å²) in [6.07, 6.45) is 2.85. The minimum absolute atomic E-state index is 0.292. The molecule has 0 radical (unpaired) electrons. The van der Waals surface area contributed by atoms with Gasteiger partial charge in [0.2, 0.25) is 0 Å². The van der Waals surface area contributed by atoms with Crippen LogP contribution in [-0.4, -0.2) is 17.6 Å². The van der Waals surface area contributed by atoms with E-state index in [0.29, 0.717) is 17.9 Å². The van der Waals surface area contributed by atoms with Gasteiger partial charge in [-0.25, -0.2) is 4.79 Å².